The molecule has 0 fully saturated rings. The van der Waals surface area contributed by atoms with E-state index in [-0.39, 0.29) is 5.69 Å². The molecule has 1 heterocycles. The van der Waals surface area contributed by atoms with E-state index in [0.29, 0.717) is 18.5 Å². The predicted molar refractivity (Wildman–Crippen MR) is 55.5 cm³/mol. The van der Waals surface area contributed by atoms with Gasteiger partial charge in [-0.05, 0) is 18.2 Å². The van der Waals surface area contributed by atoms with Crippen LogP contribution >= 0.6 is 0 Å². The minimum atomic E-state index is -4.58. The maximum absolute atomic E-state index is 12.9. The van der Waals surface area contributed by atoms with Crippen molar-refractivity contribution in [1.82, 2.24) is 9.78 Å². The first-order valence-electron chi connectivity index (χ1n) is 4.94. The van der Waals surface area contributed by atoms with E-state index in [1.807, 2.05) is 0 Å². The summed E-state index contributed by atoms with van der Waals surface area (Å²) >= 11 is 0. The van der Waals surface area contributed by atoms with Gasteiger partial charge in [0.25, 0.3) is 0 Å². The van der Waals surface area contributed by atoms with E-state index in [2.05, 4.69) is 5.10 Å². The summed E-state index contributed by atoms with van der Waals surface area (Å²) in [6.45, 7) is 0. The molecule has 19 heavy (non-hydrogen) atoms. The molecule has 0 aliphatic rings. The molecule has 2 rings (SSSR count). The molecule has 0 amide bonds. The summed E-state index contributed by atoms with van der Waals surface area (Å²) < 4.78 is 50.9. The van der Waals surface area contributed by atoms with E-state index in [0.717, 1.165) is 16.8 Å². The smallest absolute Gasteiger partial charge is 0.419 e. The molecule has 4 nitrogen and oxygen atoms in total. The van der Waals surface area contributed by atoms with Crippen LogP contribution in [-0.4, -0.2) is 20.9 Å². The molecule has 0 unspecified atom stereocenters. The van der Waals surface area contributed by atoms with Gasteiger partial charge in [-0.2, -0.15) is 18.3 Å². The van der Waals surface area contributed by atoms with Gasteiger partial charge in [-0.3, -0.25) is 0 Å². The first-order valence-corrected chi connectivity index (χ1v) is 4.94. The van der Waals surface area contributed by atoms with E-state index in [4.69, 9.17) is 5.11 Å². The highest BCUT2D eigenvalue weighted by Gasteiger charge is 2.32. The van der Waals surface area contributed by atoms with Gasteiger partial charge < -0.3 is 5.11 Å². The van der Waals surface area contributed by atoms with Gasteiger partial charge in [0.2, 0.25) is 0 Å². The fourth-order valence-electron chi connectivity index (χ4n) is 1.48. The summed E-state index contributed by atoms with van der Waals surface area (Å²) in [5.41, 5.74) is -1.64. The lowest BCUT2D eigenvalue weighted by molar-refractivity contribution is -0.137. The van der Waals surface area contributed by atoms with Crippen molar-refractivity contribution in [3.63, 3.8) is 0 Å². The summed E-state index contributed by atoms with van der Waals surface area (Å²) in [7, 11) is 0. The highest BCUT2D eigenvalue weighted by molar-refractivity contribution is 5.91. The first-order chi connectivity index (χ1) is 8.79. The van der Waals surface area contributed by atoms with Gasteiger partial charge in [-0.1, -0.05) is 0 Å². The number of hydrogen-bond acceptors (Lipinski definition) is 2. The Hall–Kier alpha value is -2.38. The number of rotatable bonds is 2. The molecule has 0 spiro atoms. The summed E-state index contributed by atoms with van der Waals surface area (Å²) in [6, 6.07) is 2.70. The lowest BCUT2D eigenvalue weighted by Gasteiger charge is -2.06. The minimum absolute atomic E-state index is 0.149. The molecule has 0 saturated carbocycles. The number of nitrogens with zero attached hydrogens (tertiary/aromatic N) is 2. The van der Waals surface area contributed by atoms with Gasteiger partial charge in [-0.25, -0.2) is 13.9 Å². The van der Waals surface area contributed by atoms with Gasteiger partial charge in [0.05, 0.1) is 23.0 Å². The van der Waals surface area contributed by atoms with Crippen molar-refractivity contribution in [3.05, 3.63) is 47.5 Å². The second-order valence-electron chi connectivity index (χ2n) is 3.64. The predicted octanol–water partition coefficient (Wildman–Crippen LogP) is 2.73. The Kier molecular flexibility index (Phi) is 3.01. The summed E-state index contributed by atoms with van der Waals surface area (Å²) in [5, 5.41) is 12.3. The number of carboxylic acid groups (broad SMARTS) is 1. The maximum Gasteiger partial charge on any atom is 0.419 e. The van der Waals surface area contributed by atoms with Crippen LogP contribution in [0.5, 0.6) is 0 Å². The average Bonchev–Trinajstić information content (AvgIpc) is 2.77. The van der Waals surface area contributed by atoms with Crippen LogP contribution in [0.2, 0.25) is 0 Å². The molecule has 0 radical (unpaired) electrons. The number of aromatic nitrogens is 2. The molecule has 8 heteroatoms. The first kappa shape index (κ1) is 13.1. The Labute approximate surface area is 103 Å². The quantitative estimate of drug-likeness (QED) is 0.857. The molecule has 1 N–H and O–H groups in total. The van der Waals surface area contributed by atoms with Crippen LogP contribution in [0.1, 0.15) is 15.9 Å². The van der Waals surface area contributed by atoms with Crippen molar-refractivity contribution in [2.75, 3.05) is 0 Å². The van der Waals surface area contributed by atoms with Crippen molar-refractivity contribution in [2.45, 2.75) is 6.18 Å². The molecule has 2 aromatic rings. The second kappa shape index (κ2) is 4.38. The van der Waals surface area contributed by atoms with E-state index in [1.54, 1.807) is 0 Å². The Balaban J connectivity index is 2.53. The molecule has 0 aliphatic heterocycles. The summed E-state index contributed by atoms with van der Waals surface area (Å²) in [5.74, 6) is -2.26. The van der Waals surface area contributed by atoms with E-state index >= 15 is 0 Å². The molecular weight excluding hydrogens is 268 g/mol. The largest absolute Gasteiger partial charge is 0.478 e. The van der Waals surface area contributed by atoms with Gasteiger partial charge >= 0.3 is 12.1 Å². The van der Waals surface area contributed by atoms with Crippen molar-refractivity contribution < 1.29 is 27.5 Å². The third-order valence-electron chi connectivity index (χ3n) is 2.35. The summed E-state index contributed by atoms with van der Waals surface area (Å²) in [6.07, 6.45) is -3.38. The number of carboxylic acids is 1. The van der Waals surface area contributed by atoms with E-state index in [9.17, 15) is 22.4 Å². The lowest BCUT2D eigenvalue weighted by atomic mass is 10.2. The van der Waals surface area contributed by atoms with Crippen LogP contribution in [0.3, 0.4) is 0 Å². The van der Waals surface area contributed by atoms with Crippen LogP contribution in [0.15, 0.2) is 30.6 Å². The Bertz CT molecular complexity index is 634. The van der Waals surface area contributed by atoms with Crippen LogP contribution in [0, 0.1) is 5.82 Å². The maximum atomic E-state index is 12.9. The Morgan fingerprint density at radius 1 is 1.32 bits per heavy atom. The van der Waals surface area contributed by atoms with Gasteiger partial charge in [0, 0.05) is 6.20 Å². The molecule has 0 atom stereocenters. The average molecular weight is 274 g/mol. The molecule has 1 aromatic carbocycles. The van der Waals surface area contributed by atoms with Gasteiger partial charge in [0.1, 0.15) is 5.82 Å². The fraction of sp³-hybridized carbons (Fsp3) is 0.0909. The number of halogens is 4. The van der Waals surface area contributed by atoms with Crippen molar-refractivity contribution in [1.29, 1.82) is 0 Å². The SMILES string of the molecule is O=C(O)c1cc(F)ccc1-n1cc(C(F)(F)F)cn1. The molecule has 0 aliphatic carbocycles. The number of benzene rings is 1. The lowest BCUT2D eigenvalue weighted by Crippen LogP contribution is -2.07. The van der Waals surface area contributed by atoms with Gasteiger partial charge in [0.15, 0.2) is 0 Å². The molecule has 0 bridgehead atoms. The summed E-state index contributed by atoms with van der Waals surface area (Å²) in [4.78, 5) is 10.9. The zero-order valence-corrected chi connectivity index (χ0v) is 9.15. The topological polar surface area (TPSA) is 55.1 Å². The fourth-order valence-corrected chi connectivity index (χ4v) is 1.48. The monoisotopic (exact) mass is 274 g/mol. The molecule has 0 saturated heterocycles. The van der Waals surface area contributed by atoms with E-state index in [1.165, 1.54) is 0 Å². The normalized spacial score (nSPS) is 11.6. The minimum Gasteiger partial charge on any atom is -0.478 e. The van der Waals surface area contributed by atoms with Crippen molar-refractivity contribution in [3.8, 4) is 5.69 Å². The zero-order chi connectivity index (χ0) is 14.2. The molecular formula is C11H6F4N2O2. The number of aromatic carboxylic acids is 1. The highest BCUT2D eigenvalue weighted by Crippen LogP contribution is 2.29. The standard InChI is InChI=1S/C11H6F4N2O2/c12-7-1-2-9(8(3-7)10(18)19)17-5-6(4-16-17)11(13,14)15/h1-5H,(H,18,19). The number of carbonyl (C=O) groups is 1. The van der Waals surface area contributed by atoms with Crippen molar-refractivity contribution >= 4 is 5.97 Å². The molecule has 1 aromatic heterocycles. The number of alkyl halides is 3. The van der Waals surface area contributed by atoms with Crippen LogP contribution < -0.4 is 0 Å². The Morgan fingerprint density at radius 3 is 2.53 bits per heavy atom. The zero-order valence-electron chi connectivity index (χ0n) is 9.15. The van der Waals surface area contributed by atoms with Crippen LogP contribution in [-0.2, 0) is 6.18 Å². The van der Waals surface area contributed by atoms with Crippen LogP contribution in [0.4, 0.5) is 17.6 Å². The van der Waals surface area contributed by atoms with Gasteiger partial charge in [-0.15, -0.1) is 0 Å². The number of hydrogen-bond donors (Lipinski definition) is 1. The molecule has 100 valence electrons. The third kappa shape index (κ3) is 2.56. The van der Waals surface area contributed by atoms with Crippen molar-refractivity contribution in [2.24, 2.45) is 0 Å². The third-order valence-corrected chi connectivity index (χ3v) is 2.35. The highest BCUT2D eigenvalue weighted by atomic mass is 19.4. The second-order valence-corrected chi connectivity index (χ2v) is 3.64. The van der Waals surface area contributed by atoms with Crippen LogP contribution in [0.25, 0.3) is 5.69 Å². The Morgan fingerprint density at radius 2 is 2.00 bits per heavy atom. The van der Waals surface area contributed by atoms with E-state index < -0.39 is 29.1 Å².